The zero-order chi connectivity index (χ0) is 13.9. The van der Waals surface area contributed by atoms with Gasteiger partial charge in [0, 0.05) is 9.99 Å². The van der Waals surface area contributed by atoms with E-state index in [-0.39, 0.29) is 12.7 Å². The molecule has 1 aliphatic rings. The van der Waals surface area contributed by atoms with E-state index in [1.165, 1.54) is 0 Å². The van der Waals surface area contributed by atoms with Gasteiger partial charge in [0.15, 0.2) is 6.29 Å². The first-order valence-corrected chi connectivity index (χ1v) is 9.10. The van der Waals surface area contributed by atoms with Crippen molar-refractivity contribution in [2.24, 2.45) is 0 Å². The lowest BCUT2D eigenvalue weighted by Gasteiger charge is -2.35. The first-order chi connectivity index (χ1) is 8.99. The second-order valence-corrected chi connectivity index (χ2v) is 6.73. The van der Waals surface area contributed by atoms with E-state index in [0.29, 0.717) is 4.43 Å². The van der Waals surface area contributed by atoms with Crippen molar-refractivity contribution in [3.8, 4) is 0 Å². The van der Waals surface area contributed by atoms with Crippen molar-refractivity contribution in [3.05, 3.63) is 35.9 Å². The number of hydrogen-bond acceptors (Lipinski definition) is 5. The van der Waals surface area contributed by atoms with Crippen molar-refractivity contribution < 1.29 is 22.1 Å². The Morgan fingerprint density at radius 2 is 2.05 bits per heavy atom. The van der Waals surface area contributed by atoms with Gasteiger partial charge >= 0.3 is 0 Å². The number of halogens is 1. The third kappa shape index (κ3) is 4.38. The van der Waals surface area contributed by atoms with Crippen molar-refractivity contribution in [2.75, 3.05) is 17.3 Å². The quantitative estimate of drug-likeness (QED) is 0.441. The average Bonchev–Trinajstić information content (AvgIpc) is 2.38. The number of alkyl halides is 1. The van der Waals surface area contributed by atoms with E-state index >= 15 is 0 Å². The largest absolute Gasteiger partial charge is 0.346 e. The highest BCUT2D eigenvalue weighted by atomic mass is 127. The Bertz CT molecular complexity index is 504. The van der Waals surface area contributed by atoms with Crippen LogP contribution in [0.5, 0.6) is 0 Å². The minimum Gasteiger partial charge on any atom is -0.346 e. The molecule has 19 heavy (non-hydrogen) atoms. The van der Waals surface area contributed by atoms with Gasteiger partial charge in [-0.05, 0) is 0 Å². The van der Waals surface area contributed by atoms with Crippen molar-refractivity contribution in [1.29, 1.82) is 0 Å². The van der Waals surface area contributed by atoms with Crippen LogP contribution in [0.3, 0.4) is 0 Å². The monoisotopic (exact) mass is 398 g/mol. The zero-order valence-corrected chi connectivity index (χ0v) is 13.3. The van der Waals surface area contributed by atoms with Crippen molar-refractivity contribution in [2.45, 2.75) is 18.5 Å². The predicted octanol–water partition coefficient (Wildman–Crippen LogP) is 1.88. The maximum atomic E-state index is 11.2. The highest BCUT2D eigenvalue weighted by Crippen LogP contribution is 2.28. The molecular weight excluding hydrogens is 383 g/mol. The Hall–Kier alpha value is -0.220. The summed E-state index contributed by atoms with van der Waals surface area (Å²) in [5.41, 5.74) is 0.912. The van der Waals surface area contributed by atoms with E-state index in [1.807, 2.05) is 30.3 Å². The number of benzene rings is 1. The number of ether oxygens (including phenoxy) is 2. The highest BCUT2D eigenvalue weighted by molar-refractivity contribution is 14.1. The van der Waals surface area contributed by atoms with Crippen LogP contribution < -0.4 is 0 Å². The summed E-state index contributed by atoms with van der Waals surface area (Å²) in [6, 6.07) is 9.54. The molecule has 1 heterocycles. The summed E-state index contributed by atoms with van der Waals surface area (Å²) >= 11 is 2.15. The molecule has 106 valence electrons. The molecule has 1 aromatic rings. The maximum Gasteiger partial charge on any atom is 0.264 e. The Labute approximate surface area is 126 Å². The molecule has 2 rings (SSSR count). The Balaban J connectivity index is 2.06. The van der Waals surface area contributed by atoms with Crippen LogP contribution in [0.2, 0.25) is 0 Å². The van der Waals surface area contributed by atoms with Gasteiger partial charge in [0.1, 0.15) is 6.10 Å². The van der Waals surface area contributed by atoms with Crippen molar-refractivity contribution in [1.82, 2.24) is 0 Å². The van der Waals surface area contributed by atoms with Crippen molar-refractivity contribution >= 4 is 32.7 Å². The van der Waals surface area contributed by atoms with Gasteiger partial charge in [0.25, 0.3) is 10.1 Å². The molecule has 0 bridgehead atoms. The molecule has 3 atom stereocenters. The standard InChI is InChI=1S/C12H15IO5S/c1-19(14,15)18-11-8-16-12(17-10(11)7-13)9-5-3-2-4-6-9/h2-6,10-12H,7-8H2,1H3/t10-,11+,12?/m0/s1. The number of hydrogen-bond donors (Lipinski definition) is 0. The van der Waals surface area contributed by atoms with Gasteiger partial charge in [0.05, 0.1) is 19.0 Å². The molecule has 0 radical (unpaired) electrons. The van der Waals surface area contributed by atoms with Gasteiger partial charge < -0.3 is 9.47 Å². The molecule has 1 fully saturated rings. The Morgan fingerprint density at radius 1 is 1.37 bits per heavy atom. The zero-order valence-electron chi connectivity index (χ0n) is 10.4. The van der Waals surface area contributed by atoms with Crippen LogP contribution in [0.4, 0.5) is 0 Å². The molecule has 5 nitrogen and oxygen atoms in total. The SMILES string of the molecule is CS(=O)(=O)O[C@@H]1COC(c2ccccc2)O[C@H]1CI. The smallest absolute Gasteiger partial charge is 0.264 e. The summed E-state index contributed by atoms with van der Waals surface area (Å²) in [4.78, 5) is 0. The topological polar surface area (TPSA) is 61.8 Å². The summed E-state index contributed by atoms with van der Waals surface area (Å²) in [5.74, 6) is 0. The third-order valence-corrected chi connectivity index (χ3v) is 4.11. The minimum atomic E-state index is -3.51. The van der Waals surface area contributed by atoms with Gasteiger partial charge in [-0.15, -0.1) is 0 Å². The molecule has 0 aromatic heterocycles. The van der Waals surface area contributed by atoms with Gasteiger partial charge in [-0.1, -0.05) is 52.9 Å². The van der Waals surface area contributed by atoms with Crippen molar-refractivity contribution in [3.63, 3.8) is 0 Å². The van der Waals surface area contributed by atoms with Gasteiger partial charge in [-0.2, -0.15) is 8.42 Å². The molecule has 0 N–H and O–H groups in total. The van der Waals surface area contributed by atoms with E-state index in [1.54, 1.807) is 0 Å². The highest BCUT2D eigenvalue weighted by Gasteiger charge is 2.34. The summed E-state index contributed by atoms with van der Waals surface area (Å²) in [6.07, 6.45) is -0.345. The lowest BCUT2D eigenvalue weighted by Crippen LogP contribution is -2.44. The molecule has 0 spiro atoms. The van der Waals surface area contributed by atoms with E-state index in [0.717, 1.165) is 11.8 Å². The second kappa shape index (κ2) is 6.49. The normalized spacial score (nSPS) is 28.2. The molecule has 1 aliphatic heterocycles. The molecular formula is C12H15IO5S. The van der Waals surface area contributed by atoms with E-state index in [4.69, 9.17) is 13.7 Å². The number of rotatable bonds is 4. The van der Waals surface area contributed by atoms with Crippen LogP contribution in [-0.4, -0.2) is 37.9 Å². The van der Waals surface area contributed by atoms with Crippen LogP contribution >= 0.6 is 22.6 Å². The molecule has 0 saturated carbocycles. The fourth-order valence-corrected chi connectivity index (χ4v) is 3.21. The van der Waals surface area contributed by atoms with Crippen LogP contribution in [0.25, 0.3) is 0 Å². The minimum absolute atomic E-state index is 0.195. The first-order valence-electron chi connectivity index (χ1n) is 5.76. The lowest BCUT2D eigenvalue weighted by molar-refractivity contribution is -0.243. The third-order valence-electron chi connectivity index (χ3n) is 2.65. The molecule has 1 aromatic carbocycles. The summed E-state index contributed by atoms with van der Waals surface area (Å²) in [7, 11) is -3.51. The van der Waals surface area contributed by atoms with Crippen LogP contribution in [0, 0.1) is 0 Å². The van der Waals surface area contributed by atoms with Crippen LogP contribution in [-0.2, 0) is 23.8 Å². The Morgan fingerprint density at radius 3 is 2.63 bits per heavy atom. The summed E-state index contributed by atoms with van der Waals surface area (Å²) in [5, 5.41) is 0. The van der Waals surface area contributed by atoms with E-state index in [9.17, 15) is 8.42 Å². The molecule has 7 heteroatoms. The second-order valence-electron chi connectivity index (χ2n) is 4.24. The molecule has 1 saturated heterocycles. The average molecular weight is 398 g/mol. The predicted molar refractivity (Wildman–Crippen MR) is 78.6 cm³/mol. The maximum absolute atomic E-state index is 11.2. The fraction of sp³-hybridized carbons (Fsp3) is 0.500. The van der Waals surface area contributed by atoms with E-state index in [2.05, 4.69) is 22.6 Å². The van der Waals surface area contributed by atoms with Crippen LogP contribution in [0.1, 0.15) is 11.9 Å². The molecule has 0 aliphatic carbocycles. The Kier molecular flexibility index (Phi) is 5.18. The summed E-state index contributed by atoms with van der Waals surface area (Å²) < 4.78 is 39.3. The van der Waals surface area contributed by atoms with Gasteiger partial charge in [0.2, 0.25) is 0 Å². The van der Waals surface area contributed by atoms with E-state index < -0.39 is 22.5 Å². The lowest BCUT2D eigenvalue weighted by atomic mass is 10.1. The first kappa shape index (κ1) is 15.2. The van der Waals surface area contributed by atoms with Crippen LogP contribution in [0.15, 0.2) is 30.3 Å². The molecule has 0 amide bonds. The summed E-state index contributed by atoms with van der Waals surface area (Å²) in [6.45, 7) is 0.195. The molecule has 1 unspecified atom stereocenters. The fourth-order valence-electron chi connectivity index (χ4n) is 1.81. The van der Waals surface area contributed by atoms with Gasteiger partial charge in [-0.25, -0.2) is 0 Å². The van der Waals surface area contributed by atoms with Gasteiger partial charge in [-0.3, -0.25) is 4.18 Å².